The van der Waals surface area contributed by atoms with E-state index in [2.05, 4.69) is 5.43 Å². The van der Waals surface area contributed by atoms with E-state index in [9.17, 15) is 13.2 Å². The Kier molecular flexibility index (Phi) is 3.36. The third kappa shape index (κ3) is 2.70. The number of nitrogens with two attached hydrogens (primary N) is 1. The van der Waals surface area contributed by atoms with Crippen molar-refractivity contribution >= 4 is 0 Å². The molecular formula is C10H13F3N2. The van der Waals surface area contributed by atoms with Crippen molar-refractivity contribution < 1.29 is 13.2 Å². The van der Waals surface area contributed by atoms with Crippen LogP contribution >= 0.6 is 0 Å². The highest BCUT2D eigenvalue weighted by molar-refractivity contribution is 5.34. The summed E-state index contributed by atoms with van der Waals surface area (Å²) in [6.07, 6.45) is -4.29. The normalized spacial score (nSPS) is 14.0. The predicted molar refractivity (Wildman–Crippen MR) is 51.9 cm³/mol. The Hall–Kier alpha value is -1.07. The highest BCUT2D eigenvalue weighted by Gasteiger charge is 2.30. The molecule has 0 aliphatic rings. The van der Waals surface area contributed by atoms with Gasteiger partial charge >= 0.3 is 6.18 Å². The van der Waals surface area contributed by atoms with Crippen LogP contribution in [0.2, 0.25) is 0 Å². The zero-order chi connectivity index (χ0) is 11.6. The fraction of sp³-hybridized carbons (Fsp3) is 0.400. The molecule has 0 saturated carbocycles. The molecule has 1 atom stereocenters. The third-order valence-corrected chi connectivity index (χ3v) is 2.31. The predicted octanol–water partition coefficient (Wildman–Crippen LogP) is 2.54. The van der Waals surface area contributed by atoms with E-state index in [1.54, 1.807) is 13.8 Å². The lowest BCUT2D eigenvalue weighted by molar-refractivity contribution is -0.137. The summed E-state index contributed by atoms with van der Waals surface area (Å²) in [7, 11) is 0. The van der Waals surface area contributed by atoms with Crippen molar-refractivity contribution in [2.45, 2.75) is 26.1 Å². The lowest BCUT2D eigenvalue weighted by Crippen LogP contribution is -2.26. The topological polar surface area (TPSA) is 38.0 Å². The van der Waals surface area contributed by atoms with Crippen molar-refractivity contribution in [2.24, 2.45) is 5.84 Å². The van der Waals surface area contributed by atoms with Gasteiger partial charge in [-0.2, -0.15) is 13.2 Å². The van der Waals surface area contributed by atoms with Gasteiger partial charge in [0.2, 0.25) is 0 Å². The minimum atomic E-state index is -4.29. The Morgan fingerprint density at radius 3 is 2.33 bits per heavy atom. The minimum Gasteiger partial charge on any atom is -0.271 e. The second kappa shape index (κ2) is 4.20. The first-order valence-corrected chi connectivity index (χ1v) is 4.50. The van der Waals surface area contributed by atoms with Crippen LogP contribution in [0.1, 0.15) is 29.7 Å². The van der Waals surface area contributed by atoms with E-state index in [1.165, 1.54) is 6.07 Å². The van der Waals surface area contributed by atoms with Gasteiger partial charge in [-0.25, -0.2) is 0 Å². The Morgan fingerprint density at radius 1 is 1.33 bits per heavy atom. The van der Waals surface area contributed by atoms with E-state index < -0.39 is 11.7 Å². The van der Waals surface area contributed by atoms with E-state index in [0.29, 0.717) is 5.56 Å². The number of hydrazine groups is 1. The molecule has 0 aromatic heterocycles. The van der Waals surface area contributed by atoms with Crippen LogP contribution in [0.25, 0.3) is 0 Å². The lowest BCUT2D eigenvalue weighted by Gasteiger charge is -2.15. The van der Waals surface area contributed by atoms with Crippen molar-refractivity contribution in [3.05, 3.63) is 34.9 Å². The Bertz CT molecular complexity index is 347. The average molecular weight is 218 g/mol. The quantitative estimate of drug-likeness (QED) is 0.591. The number of nitrogens with one attached hydrogen (secondary N) is 1. The molecule has 2 nitrogen and oxygen atoms in total. The molecule has 15 heavy (non-hydrogen) atoms. The fourth-order valence-corrected chi connectivity index (χ4v) is 1.43. The largest absolute Gasteiger partial charge is 0.416 e. The Balaban J connectivity index is 3.09. The van der Waals surface area contributed by atoms with E-state index in [4.69, 9.17) is 5.84 Å². The van der Waals surface area contributed by atoms with Gasteiger partial charge in [-0.1, -0.05) is 6.07 Å². The highest BCUT2D eigenvalue weighted by atomic mass is 19.4. The van der Waals surface area contributed by atoms with Crippen molar-refractivity contribution in [3.63, 3.8) is 0 Å². The summed E-state index contributed by atoms with van der Waals surface area (Å²) >= 11 is 0. The molecule has 0 spiro atoms. The summed E-state index contributed by atoms with van der Waals surface area (Å²) in [5.74, 6) is 5.22. The summed E-state index contributed by atoms with van der Waals surface area (Å²) in [6, 6.07) is 3.48. The summed E-state index contributed by atoms with van der Waals surface area (Å²) in [6.45, 7) is 3.42. The van der Waals surface area contributed by atoms with E-state index in [0.717, 1.165) is 17.7 Å². The highest BCUT2D eigenvalue weighted by Crippen LogP contribution is 2.31. The van der Waals surface area contributed by atoms with Crippen LogP contribution in [0.4, 0.5) is 13.2 Å². The van der Waals surface area contributed by atoms with Crippen LogP contribution in [0.15, 0.2) is 18.2 Å². The number of hydrogen-bond acceptors (Lipinski definition) is 2. The molecule has 0 aliphatic heterocycles. The van der Waals surface area contributed by atoms with Gasteiger partial charge in [0.1, 0.15) is 0 Å². The van der Waals surface area contributed by atoms with E-state index in [-0.39, 0.29) is 6.04 Å². The molecule has 0 saturated heterocycles. The first-order chi connectivity index (χ1) is 6.86. The molecule has 1 aromatic rings. The van der Waals surface area contributed by atoms with Gasteiger partial charge in [-0.3, -0.25) is 11.3 Å². The van der Waals surface area contributed by atoms with Crippen molar-refractivity contribution in [2.75, 3.05) is 0 Å². The van der Waals surface area contributed by atoms with E-state index >= 15 is 0 Å². The van der Waals surface area contributed by atoms with Gasteiger partial charge in [0.25, 0.3) is 0 Å². The van der Waals surface area contributed by atoms with Gasteiger partial charge in [-0.15, -0.1) is 0 Å². The van der Waals surface area contributed by atoms with Crippen LogP contribution in [0.3, 0.4) is 0 Å². The average Bonchev–Trinajstić information content (AvgIpc) is 2.15. The number of hydrogen-bond donors (Lipinski definition) is 2. The number of aryl methyl sites for hydroxylation is 1. The Morgan fingerprint density at radius 2 is 1.93 bits per heavy atom. The van der Waals surface area contributed by atoms with Crippen LogP contribution in [-0.2, 0) is 6.18 Å². The molecule has 1 unspecified atom stereocenters. The molecule has 0 heterocycles. The molecule has 0 aliphatic carbocycles. The second-order valence-corrected chi connectivity index (χ2v) is 3.46. The standard InChI is InChI=1S/C10H13F3N2/c1-6-5-8(10(11,12)13)3-4-9(6)7(2)15-14/h3-5,7,15H,14H2,1-2H3. The van der Waals surface area contributed by atoms with Crippen LogP contribution in [0, 0.1) is 6.92 Å². The van der Waals surface area contributed by atoms with E-state index in [1.807, 2.05) is 0 Å². The van der Waals surface area contributed by atoms with Crippen molar-refractivity contribution in [1.29, 1.82) is 0 Å². The summed E-state index contributed by atoms with van der Waals surface area (Å²) < 4.78 is 37.0. The Labute approximate surface area is 86.2 Å². The molecule has 0 bridgehead atoms. The summed E-state index contributed by atoms with van der Waals surface area (Å²) in [4.78, 5) is 0. The molecule has 0 fully saturated rings. The number of alkyl halides is 3. The van der Waals surface area contributed by atoms with Crippen LogP contribution < -0.4 is 11.3 Å². The SMILES string of the molecule is Cc1cc(C(F)(F)F)ccc1C(C)NN. The maximum absolute atomic E-state index is 12.3. The third-order valence-electron chi connectivity index (χ3n) is 2.31. The summed E-state index contributed by atoms with van der Waals surface area (Å²) in [5.41, 5.74) is 3.22. The molecule has 0 radical (unpaired) electrons. The molecule has 1 aromatic carbocycles. The van der Waals surface area contributed by atoms with Gasteiger partial charge in [0.05, 0.1) is 5.56 Å². The molecular weight excluding hydrogens is 205 g/mol. The minimum absolute atomic E-state index is 0.160. The van der Waals surface area contributed by atoms with Gasteiger partial charge < -0.3 is 0 Å². The first-order valence-electron chi connectivity index (χ1n) is 4.50. The number of benzene rings is 1. The molecule has 5 heteroatoms. The molecule has 84 valence electrons. The second-order valence-electron chi connectivity index (χ2n) is 3.46. The van der Waals surface area contributed by atoms with Crippen molar-refractivity contribution in [1.82, 2.24) is 5.43 Å². The molecule has 3 N–H and O–H groups in total. The zero-order valence-corrected chi connectivity index (χ0v) is 8.52. The van der Waals surface area contributed by atoms with Gasteiger partial charge in [0, 0.05) is 6.04 Å². The maximum Gasteiger partial charge on any atom is 0.416 e. The lowest BCUT2D eigenvalue weighted by atomic mass is 10.00. The molecule has 1 rings (SSSR count). The number of rotatable bonds is 2. The van der Waals surface area contributed by atoms with Crippen LogP contribution in [-0.4, -0.2) is 0 Å². The monoisotopic (exact) mass is 218 g/mol. The first kappa shape index (κ1) is 12.0. The smallest absolute Gasteiger partial charge is 0.271 e. The number of halogens is 3. The summed E-state index contributed by atoms with van der Waals surface area (Å²) in [5, 5.41) is 0. The van der Waals surface area contributed by atoms with Crippen molar-refractivity contribution in [3.8, 4) is 0 Å². The molecule has 0 amide bonds. The van der Waals surface area contributed by atoms with Gasteiger partial charge in [-0.05, 0) is 37.1 Å². The zero-order valence-electron chi connectivity index (χ0n) is 8.52. The fourth-order valence-electron chi connectivity index (χ4n) is 1.43. The van der Waals surface area contributed by atoms with Gasteiger partial charge in [0.15, 0.2) is 0 Å². The maximum atomic E-state index is 12.3. The van der Waals surface area contributed by atoms with Crippen LogP contribution in [0.5, 0.6) is 0 Å².